The van der Waals surface area contributed by atoms with Crippen molar-refractivity contribution >= 4 is 5.97 Å². The van der Waals surface area contributed by atoms with Crippen molar-refractivity contribution < 1.29 is 9.90 Å². The zero-order valence-corrected chi connectivity index (χ0v) is 11.9. The summed E-state index contributed by atoms with van der Waals surface area (Å²) in [5.41, 5.74) is 4.07. The van der Waals surface area contributed by atoms with Crippen molar-refractivity contribution in [1.29, 1.82) is 0 Å². The van der Waals surface area contributed by atoms with Crippen LogP contribution in [0.25, 0.3) is 0 Å². The number of likely N-dealkylation sites (tertiary alicyclic amines) is 1. The van der Waals surface area contributed by atoms with Crippen LogP contribution in [-0.2, 0) is 11.3 Å². The molecule has 1 fully saturated rings. The lowest BCUT2D eigenvalue weighted by molar-refractivity contribution is -0.138. The summed E-state index contributed by atoms with van der Waals surface area (Å²) in [7, 11) is 0. The van der Waals surface area contributed by atoms with Gasteiger partial charge < -0.3 is 5.11 Å². The molecular formula is C16H23NO2. The van der Waals surface area contributed by atoms with E-state index in [1.165, 1.54) is 16.7 Å². The van der Waals surface area contributed by atoms with E-state index in [1.807, 2.05) is 0 Å². The second-order valence-electron chi connectivity index (χ2n) is 5.70. The van der Waals surface area contributed by atoms with E-state index in [0.29, 0.717) is 12.3 Å². The van der Waals surface area contributed by atoms with Crippen molar-refractivity contribution in [3.8, 4) is 0 Å². The second kappa shape index (κ2) is 6.20. The molecule has 0 radical (unpaired) electrons. The molecular weight excluding hydrogens is 238 g/mol. The van der Waals surface area contributed by atoms with E-state index in [4.69, 9.17) is 5.11 Å². The van der Waals surface area contributed by atoms with Gasteiger partial charge in [-0.25, -0.2) is 0 Å². The van der Waals surface area contributed by atoms with E-state index in [-0.39, 0.29) is 0 Å². The Morgan fingerprint density at radius 1 is 1.42 bits per heavy atom. The van der Waals surface area contributed by atoms with Gasteiger partial charge >= 0.3 is 5.97 Å². The van der Waals surface area contributed by atoms with Crippen molar-refractivity contribution in [2.45, 2.75) is 39.7 Å². The molecule has 1 aromatic carbocycles. The van der Waals surface area contributed by atoms with Crippen molar-refractivity contribution in [3.05, 3.63) is 34.9 Å². The first-order valence-corrected chi connectivity index (χ1v) is 7.05. The van der Waals surface area contributed by atoms with Crippen LogP contribution < -0.4 is 0 Å². The van der Waals surface area contributed by atoms with Crippen LogP contribution in [0.4, 0.5) is 0 Å². The maximum absolute atomic E-state index is 10.8. The standard InChI is InChI=1S/C16H23NO2/c1-12-5-3-7-15(13(12)2)11-17-8-4-6-14(10-17)9-16(18)19/h3,5,7,14H,4,6,8-11H2,1-2H3,(H,18,19). The number of piperidine rings is 1. The third-order valence-corrected chi connectivity index (χ3v) is 4.18. The topological polar surface area (TPSA) is 40.5 Å². The molecule has 0 aliphatic carbocycles. The fourth-order valence-electron chi connectivity index (χ4n) is 2.93. The Kier molecular flexibility index (Phi) is 4.59. The third kappa shape index (κ3) is 3.80. The highest BCUT2D eigenvalue weighted by Crippen LogP contribution is 2.22. The SMILES string of the molecule is Cc1cccc(CN2CCCC(CC(=O)O)C2)c1C. The van der Waals surface area contributed by atoms with Gasteiger partial charge in [0.2, 0.25) is 0 Å². The van der Waals surface area contributed by atoms with Gasteiger partial charge in [0.1, 0.15) is 0 Å². The Balaban J connectivity index is 1.98. The van der Waals surface area contributed by atoms with E-state index in [1.54, 1.807) is 0 Å². The monoisotopic (exact) mass is 261 g/mol. The van der Waals surface area contributed by atoms with E-state index in [2.05, 4.69) is 36.9 Å². The van der Waals surface area contributed by atoms with E-state index in [9.17, 15) is 4.79 Å². The molecule has 3 nitrogen and oxygen atoms in total. The lowest BCUT2D eigenvalue weighted by Crippen LogP contribution is -2.35. The molecule has 1 aromatic rings. The highest BCUT2D eigenvalue weighted by molar-refractivity contribution is 5.67. The third-order valence-electron chi connectivity index (χ3n) is 4.18. The molecule has 0 spiro atoms. The van der Waals surface area contributed by atoms with Gasteiger partial charge in [-0.1, -0.05) is 18.2 Å². The molecule has 0 amide bonds. The number of hydrogen-bond donors (Lipinski definition) is 1. The Morgan fingerprint density at radius 3 is 2.95 bits per heavy atom. The molecule has 1 atom stereocenters. The van der Waals surface area contributed by atoms with Gasteiger partial charge in [0.05, 0.1) is 0 Å². The number of hydrogen-bond acceptors (Lipinski definition) is 2. The summed E-state index contributed by atoms with van der Waals surface area (Å²) in [6.45, 7) is 7.26. The number of aliphatic carboxylic acids is 1. The van der Waals surface area contributed by atoms with Crippen LogP contribution in [0, 0.1) is 19.8 Å². The number of carboxylic acids is 1. The molecule has 19 heavy (non-hydrogen) atoms. The van der Waals surface area contributed by atoms with Crippen LogP contribution in [0.2, 0.25) is 0 Å². The second-order valence-corrected chi connectivity index (χ2v) is 5.70. The van der Waals surface area contributed by atoms with Crippen LogP contribution in [0.1, 0.15) is 36.0 Å². The summed E-state index contributed by atoms with van der Waals surface area (Å²) < 4.78 is 0. The van der Waals surface area contributed by atoms with Crippen LogP contribution in [0.3, 0.4) is 0 Å². The molecule has 1 N–H and O–H groups in total. The highest BCUT2D eigenvalue weighted by atomic mass is 16.4. The molecule has 1 saturated heterocycles. The fraction of sp³-hybridized carbons (Fsp3) is 0.562. The van der Waals surface area contributed by atoms with Gasteiger partial charge in [-0.2, -0.15) is 0 Å². The maximum atomic E-state index is 10.8. The van der Waals surface area contributed by atoms with Crippen molar-refractivity contribution in [2.24, 2.45) is 5.92 Å². The van der Waals surface area contributed by atoms with Crippen molar-refractivity contribution in [2.75, 3.05) is 13.1 Å². The number of carboxylic acid groups (broad SMARTS) is 1. The van der Waals surface area contributed by atoms with Crippen LogP contribution in [0.5, 0.6) is 0 Å². The van der Waals surface area contributed by atoms with Crippen LogP contribution in [0.15, 0.2) is 18.2 Å². The Labute approximate surface area is 115 Å². The van der Waals surface area contributed by atoms with E-state index < -0.39 is 5.97 Å². The van der Waals surface area contributed by atoms with Gasteiger partial charge in [0.15, 0.2) is 0 Å². The van der Waals surface area contributed by atoms with Crippen molar-refractivity contribution in [3.63, 3.8) is 0 Å². The molecule has 0 aromatic heterocycles. The highest BCUT2D eigenvalue weighted by Gasteiger charge is 2.22. The Morgan fingerprint density at radius 2 is 2.21 bits per heavy atom. The fourth-order valence-corrected chi connectivity index (χ4v) is 2.93. The first kappa shape index (κ1) is 14.1. The van der Waals surface area contributed by atoms with Crippen LogP contribution in [-0.4, -0.2) is 29.1 Å². The lowest BCUT2D eigenvalue weighted by Gasteiger charge is -2.32. The predicted molar refractivity (Wildman–Crippen MR) is 76.2 cm³/mol. The summed E-state index contributed by atoms with van der Waals surface area (Å²) in [6, 6.07) is 6.43. The smallest absolute Gasteiger partial charge is 0.303 e. The largest absolute Gasteiger partial charge is 0.481 e. The number of carbonyl (C=O) groups is 1. The number of rotatable bonds is 4. The zero-order chi connectivity index (χ0) is 13.8. The zero-order valence-electron chi connectivity index (χ0n) is 11.9. The Bertz CT molecular complexity index is 456. The number of benzene rings is 1. The summed E-state index contributed by atoms with van der Waals surface area (Å²) in [5.74, 6) is -0.352. The van der Waals surface area contributed by atoms with Gasteiger partial charge in [-0.3, -0.25) is 9.69 Å². The number of nitrogens with zero attached hydrogens (tertiary/aromatic N) is 1. The van der Waals surface area contributed by atoms with Gasteiger partial charge in [0.25, 0.3) is 0 Å². The first-order valence-electron chi connectivity index (χ1n) is 7.05. The molecule has 104 valence electrons. The molecule has 1 aliphatic rings. The van der Waals surface area contributed by atoms with Crippen molar-refractivity contribution in [1.82, 2.24) is 4.90 Å². The Hall–Kier alpha value is -1.35. The quantitative estimate of drug-likeness (QED) is 0.905. The first-order chi connectivity index (χ1) is 9.06. The molecule has 3 heteroatoms. The minimum atomic E-state index is -0.668. The summed E-state index contributed by atoms with van der Waals surface area (Å²) in [6.07, 6.45) is 2.47. The molecule has 1 aliphatic heterocycles. The maximum Gasteiger partial charge on any atom is 0.303 e. The molecule has 2 rings (SSSR count). The molecule has 0 saturated carbocycles. The van der Waals surface area contributed by atoms with Gasteiger partial charge in [0, 0.05) is 19.5 Å². The predicted octanol–water partition coefficient (Wildman–Crippen LogP) is 2.99. The van der Waals surface area contributed by atoms with Gasteiger partial charge in [-0.05, 0) is 55.8 Å². The number of aryl methyl sites for hydroxylation is 1. The summed E-state index contributed by atoms with van der Waals surface area (Å²) in [4.78, 5) is 13.2. The average Bonchev–Trinajstić information content (AvgIpc) is 2.35. The van der Waals surface area contributed by atoms with Crippen LogP contribution >= 0.6 is 0 Å². The minimum absolute atomic E-state index is 0.309. The molecule has 1 heterocycles. The normalized spacial score (nSPS) is 20.4. The van der Waals surface area contributed by atoms with E-state index >= 15 is 0 Å². The van der Waals surface area contributed by atoms with E-state index in [0.717, 1.165) is 32.5 Å². The summed E-state index contributed by atoms with van der Waals surface area (Å²) >= 11 is 0. The summed E-state index contributed by atoms with van der Waals surface area (Å²) in [5, 5.41) is 8.90. The minimum Gasteiger partial charge on any atom is -0.481 e. The van der Waals surface area contributed by atoms with Gasteiger partial charge in [-0.15, -0.1) is 0 Å². The molecule has 1 unspecified atom stereocenters. The molecule has 0 bridgehead atoms. The lowest BCUT2D eigenvalue weighted by atomic mass is 9.94. The average molecular weight is 261 g/mol.